The summed E-state index contributed by atoms with van der Waals surface area (Å²) >= 11 is 0. The number of rotatable bonds is 14. The zero-order valence-electron chi connectivity index (χ0n) is 13.0. The van der Waals surface area contributed by atoms with Crippen molar-refractivity contribution in [2.45, 2.75) is 96.8 Å². The van der Waals surface area contributed by atoms with E-state index >= 15 is 0 Å². The van der Waals surface area contributed by atoms with Crippen molar-refractivity contribution in [3.8, 4) is 0 Å². The van der Waals surface area contributed by atoms with E-state index in [1.807, 2.05) is 0 Å². The van der Waals surface area contributed by atoms with Crippen molar-refractivity contribution in [3.63, 3.8) is 0 Å². The van der Waals surface area contributed by atoms with Crippen molar-refractivity contribution in [2.24, 2.45) is 0 Å². The number of unbranched alkanes of at least 4 members (excludes halogenated alkanes) is 12. The standard InChI is InChI=1S/C16H32O2.H3N.Na.H/c1-2-3-4-5-6-7-8-9-10-11-12-13-14-15-16(17)18;;;/h2-15H2,1H3,(H,17,18);1H3;;. The van der Waals surface area contributed by atoms with Crippen LogP contribution < -0.4 is 6.15 Å². The van der Waals surface area contributed by atoms with E-state index < -0.39 is 5.97 Å². The predicted octanol–water partition coefficient (Wildman–Crippen LogP) is 5.07. The Balaban J connectivity index is -0.00000144. The van der Waals surface area contributed by atoms with Crippen LogP contribution in [0.5, 0.6) is 0 Å². The van der Waals surface area contributed by atoms with Crippen molar-refractivity contribution < 1.29 is 9.90 Å². The number of aliphatic carboxylic acids is 1. The molecule has 0 aliphatic heterocycles. The van der Waals surface area contributed by atoms with Gasteiger partial charge in [0.15, 0.2) is 0 Å². The molecule has 0 rings (SSSR count). The summed E-state index contributed by atoms with van der Waals surface area (Å²) in [7, 11) is 0. The Morgan fingerprint density at radius 2 is 1.00 bits per heavy atom. The molecule has 118 valence electrons. The fourth-order valence-corrected chi connectivity index (χ4v) is 2.29. The first kappa shape index (κ1) is 25.4. The van der Waals surface area contributed by atoms with Gasteiger partial charge in [0.2, 0.25) is 0 Å². The van der Waals surface area contributed by atoms with E-state index in [1.54, 1.807) is 0 Å². The Morgan fingerprint density at radius 1 is 0.700 bits per heavy atom. The van der Waals surface area contributed by atoms with Crippen molar-refractivity contribution in [2.75, 3.05) is 0 Å². The molecule has 0 spiro atoms. The number of carboxylic acid groups (broad SMARTS) is 1. The Bertz CT molecular complexity index is 189. The molecule has 0 radical (unpaired) electrons. The van der Waals surface area contributed by atoms with Crippen molar-refractivity contribution in [1.82, 2.24) is 6.15 Å². The summed E-state index contributed by atoms with van der Waals surface area (Å²) < 4.78 is 0. The summed E-state index contributed by atoms with van der Waals surface area (Å²) in [6.45, 7) is 2.26. The molecule has 0 saturated heterocycles. The minimum absolute atomic E-state index is 0. The molecule has 0 aliphatic rings. The zero-order chi connectivity index (χ0) is 13.5. The van der Waals surface area contributed by atoms with Gasteiger partial charge in [-0.25, -0.2) is 0 Å². The molecule has 4 N–H and O–H groups in total. The molecule has 0 heterocycles. The molecule has 3 nitrogen and oxygen atoms in total. The van der Waals surface area contributed by atoms with Crippen molar-refractivity contribution in [3.05, 3.63) is 0 Å². The first-order valence-electron chi connectivity index (χ1n) is 7.99. The molecule has 0 aromatic rings. The van der Waals surface area contributed by atoms with E-state index in [0.29, 0.717) is 6.42 Å². The molecule has 0 amide bonds. The zero-order valence-corrected chi connectivity index (χ0v) is 13.0. The van der Waals surface area contributed by atoms with Gasteiger partial charge in [-0.3, -0.25) is 4.79 Å². The fraction of sp³-hybridized carbons (Fsp3) is 0.938. The third kappa shape index (κ3) is 23.5. The van der Waals surface area contributed by atoms with Gasteiger partial charge in [-0.1, -0.05) is 84.0 Å². The van der Waals surface area contributed by atoms with E-state index in [4.69, 9.17) is 5.11 Å². The van der Waals surface area contributed by atoms with Gasteiger partial charge in [0.05, 0.1) is 0 Å². The van der Waals surface area contributed by atoms with E-state index in [-0.39, 0.29) is 35.7 Å². The Morgan fingerprint density at radius 3 is 1.30 bits per heavy atom. The third-order valence-corrected chi connectivity index (χ3v) is 3.49. The molecule has 0 fully saturated rings. The van der Waals surface area contributed by atoms with Crippen LogP contribution in [0.2, 0.25) is 0 Å². The molecule has 0 saturated carbocycles. The average Bonchev–Trinajstić information content (AvgIpc) is 2.34. The summed E-state index contributed by atoms with van der Waals surface area (Å²) in [5, 5.41) is 8.49. The number of carbonyl (C=O) groups is 1. The Labute approximate surface area is 148 Å². The minimum atomic E-state index is -0.655. The predicted molar refractivity (Wildman–Crippen MR) is 90.1 cm³/mol. The van der Waals surface area contributed by atoms with E-state index in [0.717, 1.165) is 12.8 Å². The van der Waals surface area contributed by atoms with Crippen molar-refractivity contribution >= 4 is 35.5 Å². The topological polar surface area (TPSA) is 72.3 Å². The quantitative estimate of drug-likeness (QED) is 0.347. The van der Waals surface area contributed by atoms with Crippen LogP contribution in [-0.2, 0) is 4.79 Å². The molecule has 0 bridgehead atoms. The van der Waals surface area contributed by atoms with Crippen LogP contribution in [0.3, 0.4) is 0 Å². The van der Waals surface area contributed by atoms with Gasteiger partial charge in [-0.15, -0.1) is 0 Å². The van der Waals surface area contributed by atoms with Crippen LogP contribution in [0.4, 0.5) is 0 Å². The SMILES string of the molecule is CCCCCCCCCCCCCCCC(=O)O.N.[NaH]. The van der Waals surface area contributed by atoms with Gasteiger partial charge in [0.1, 0.15) is 0 Å². The van der Waals surface area contributed by atoms with Gasteiger partial charge >= 0.3 is 35.5 Å². The normalized spacial score (nSPS) is 9.65. The average molecular weight is 297 g/mol. The van der Waals surface area contributed by atoms with Gasteiger partial charge < -0.3 is 11.3 Å². The van der Waals surface area contributed by atoms with Crippen LogP contribution in [0.25, 0.3) is 0 Å². The third-order valence-electron chi connectivity index (χ3n) is 3.49. The Kier molecular flexibility index (Phi) is 27.6. The summed E-state index contributed by atoms with van der Waals surface area (Å²) in [5.74, 6) is -0.655. The van der Waals surface area contributed by atoms with Gasteiger partial charge in [0.25, 0.3) is 0 Å². The van der Waals surface area contributed by atoms with Gasteiger partial charge in [-0.2, -0.15) is 0 Å². The summed E-state index contributed by atoms with van der Waals surface area (Å²) in [5.41, 5.74) is 0. The Hall–Kier alpha value is 0.430. The summed E-state index contributed by atoms with van der Waals surface area (Å²) in [6, 6.07) is 0. The second kappa shape index (κ2) is 21.7. The molecule has 4 heteroatoms. The molecule has 0 atom stereocenters. The maximum absolute atomic E-state index is 10.3. The molecule has 0 aromatic heterocycles. The summed E-state index contributed by atoms with van der Waals surface area (Å²) in [4.78, 5) is 10.3. The fourth-order valence-electron chi connectivity index (χ4n) is 2.29. The van der Waals surface area contributed by atoms with Crippen LogP contribution >= 0.6 is 0 Å². The molecular weight excluding hydrogens is 261 g/mol. The number of carboxylic acids is 1. The van der Waals surface area contributed by atoms with Crippen LogP contribution in [0, 0.1) is 0 Å². The van der Waals surface area contributed by atoms with Gasteiger partial charge in [0, 0.05) is 6.42 Å². The number of hydrogen-bond donors (Lipinski definition) is 2. The molecule has 0 unspecified atom stereocenters. The van der Waals surface area contributed by atoms with Crippen LogP contribution in [-0.4, -0.2) is 40.6 Å². The van der Waals surface area contributed by atoms with Crippen LogP contribution in [0.1, 0.15) is 96.8 Å². The van der Waals surface area contributed by atoms with Gasteiger partial charge in [-0.05, 0) is 6.42 Å². The molecular formula is C16H36NNaO2. The maximum atomic E-state index is 10.3. The van der Waals surface area contributed by atoms with E-state index in [9.17, 15) is 4.79 Å². The second-order valence-electron chi connectivity index (χ2n) is 5.39. The monoisotopic (exact) mass is 297 g/mol. The first-order chi connectivity index (χ1) is 8.77. The van der Waals surface area contributed by atoms with Crippen molar-refractivity contribution in [1.29, 1.82) is 0 Å². The molecule has 20 heavy (non-hydrogen) atoms. The first-order valence-corrected chi connectivity index (χ1v) is 7.99. The second-order valence-corrected chi connectivity index (χ2v) is 5.39. The van der Waals surface area contributed by atoms with E-state index in [1.165, 1.54) is 70.6 Å². The molecule has 0 aliphatic carbocycles. The van der Waals surface area contributed by atoms with Crippen LogP contribution in [0.15, 0.2) is 0 Å². The molecule has 0 aromatic carbocycles. The summed E-state index contributed by atoms with van der Waals surface area (Å²) in [6.07, 6.45) is 17.3. The number of hydrogen-bond acceptors (Lipinski definition) is 2. The van der Waals surface area contributed by atoms with E-state index in [2.05, 4.69) is 6.92 Å².